The number of primary amides is 1. The van der Waals surface area contributed by atoms with Gasteiger partial charge >= 0.3 is 18.1 Å². The smallest absolute Gasteiger partial charge is 0.480 e. The normalized spacial score (nSPS) is 12.3. The van der Waals surface area contributed by atoms with E-state index < -0.39 is 36.1 Å². The van der Waals surface area contributed by atoms with Crippen LogP contribution in [0.25, 0.3) is 10.9 Å². The molecule has 0 bridgehead atoms. The monoisotopic (exact) mass is 494 g/mol. The molecule has 0 radical (unpaired) electrons. The van der Waals surface area contributed by atoms with E-state index in [1.165, 1.54) is 0 Å². The Kier molecular flexibility index (Phi) is 10.7. The maximum Gasteiger partial charge on any atom is 0.490 e. The maximum atomic E-state index is 10.8. The second-order valence-corrected chi connectivity index (χ2v) is 7.09. The first kappa shape index (κ1) is 28.9. The zero-order valence-electron chi connectivity index (χ0n) is 18.3. The van der Waals surface area contributed by atoms with Crippen LogP contribution in [0.1, 0.15) is 17.2 Å². The molecule has 3 rings (SSSR count). The summed E-state index contributed by atoms with van der Waals surface area (Å²) in [5, 5.41) is 16.9. The van der Waals surface area contributed by atoms with Gasteiger partial charge in [-0.25, -0.2) is 4.79 Å². The summed E-state index contributed by atoms with van der Waals surface area (Å²) in [6, 6.07) is 15.7. The number of nitrogens with one attached hydrogen (secondary N) is 1. The fraction of sp³-hybridized carbons (Fsp3) is 0.174. The Morgan fingerprint density at radius 2 is 1.49 bits per heavy atom. The summed E-state index contributed by atoms with van der Waals surface area (Å²) in [6.45, 7) is 3.53. The Labute approximate surface area is 198 Å². The maximum absolute atomic E-state index is 10.8. The first-order chi connectivity index (χ1) is 16.3. The van der Waals surface area contributed by atoms with Crippen molar-refractivity contribution in [2.75, 3.05) is 0 Å². The number of fused-ring (bicyclic) bond motifs is 1. The first-order valence-corrected chi connectivity index (χ1v) is 9.88. The highest BCUT2D eigenvalue weighted by molar-refractivity contribution is 5.92. The summed E-state index contributed by atoms with van der Waals surface area (Å²) in [6.07, 6.45) is -2.92. The highest BCUT2D eigenvalue weighted by Gasteiger charge is 2.38. The van der Waals surface area contributed by atoms with E-state index >= 15 is 0 Å². The zero-order chi connectivity index (χ0) is 26.8. The third-order valence-corrected chi connectivity index (χ3v) is 4.53. The van der Waals surface area contributed by atoms with Gasteiger partial charge in [-0.3, -0.25) is 9.59 Å². The average Bonchev–Trinajstić information content (AvgIpc) is 3.21. The Hall–Kier alpha value is -4.16. The molecule has 2 unspecified atom stereocenters. The molecule has 9 nitrogen and oxygen atoms in total. The van der Waals surface area contributed by atoms with Gasteiger partial charge < -0.3 is 32.4 Å². The van der Waals surface area contributed by atoms with Gasteiger partial charge in [0, 0.05) is 29.1 Å². The van der Waals surface area contributed by atoms with Gasteiger partial charge in [-0.2, -0.15) is 13.2 Å². The second kappa shape index (κ2) is 12.9. The highest BCUT2D eigenvalue weighted by Crippen LogP contribution is 2.19. The summed E-state index contributed by atoms with van der Waals surface area (Å²) in [4.78, 5) is 33.4. The van der Waals surface area contributed by atoms with E-state index in [4.69, 9.17) is 32.2 Å². The number of carboxylic acids is 2. The van der Waals surface area contributed by atoms with Crippen molar-refractivity contribution in [1.82, 2.24) is 4.98 Å². The number of hydrogen-bond donors (Lipinski definition) is 6. The fourth-order valence-electron chi connectivity index (χ4n) is 2.64. The van der Waals surface area contributed by atoms with Crippen LogP contribution in [0.2, 0.25) is 0 Å². The van der Waals surface area contributed by atoms with Crippen LogP contribution in [-0.4, -0.2) is 45.3 Å². The van der Waals surface area contributed by atoms with Crippen molar-refractivity contribution in [3.05, 3.63) is 84.1 Å². The Morgan fingerprint density at radius 1 is 0.971 bits per heavy atom. The van der Waals surface area contributed by atoms with E-state index in [-0.39, 0.29) is 5.57 Å². The Balaban J connectivity index is 0.000000281. The van der Waals surface area contributed by atoms with Crippen LogP contribution in [-0.2, 0) is 20.8 Å². The number of rotatable bonds is 6. The third kappa shape index (κ3) is 9.31. The molecule has 0 fully saturated rings. The molecule has 3 aromatic rings. The van der Waals surface area contributed by atoms with Gasteiger partial charge in [0.2, 0.25) is 5.91 Å². The minimum absolute atomic E-state index is 0.228. The minimum Gasteiger partial charge on any atom is -0.480 e. The van der Waals surface area contributed by atoms with Crippen molar-refractivity contribution in [2.24, 2.45) is 17.2 Å². The van der Waals surface area contributed by atoms with Crippen LogP contribution in [0, 0.1) is 0 Å². The first-order valence-electron chi connectivity index (χ1n) is 9.88. The molecular weight excluding hydrogens is 469 g/mol. The van der Waals surface area contributed by atoms with Crippen LogP contribution >= 0.6 is 0 Å². The van der Waals surface area contributed by atoms with E-state index in [9.17, 15) is 22.8 Å². The standard InChI is InChI=1S/C11H12N2O2.C10H12N2O.C2HF3O2/c12-9(11(14)15)5-7-6-13-10-4-2-1-3-8(7)10;1-7(10(12)13)9(11)8-5-3-2-4-6-8;3-2(4,5)1(6)7/h1-4,6,9,13H,5,12H2,(H,14,15);2-6,9H,1,11H2,(H2,12,13);(H,6,7). The van der Waals surface area contributed by atoms with Crippen molar-refractivity contribution >= 4 is 28.7 Å². The number of carbonyl (C=O) groups is 3. The second-order valence-electron chi connectivity index (χ2n) is 7.09. The van der Waals surface area contributed by atoms with Crippen molar-refractivity contribution in [1.29, 1.82) is 0 Å². The van der Waals surface area contributed by atoms with Gasteiger partial charge in [0.15, 0.2) is 0 Å². The molecular formula is C23H25F3N4O5. The number of alkyl halides is 3. The predicted molar refractivity (Wildman–Crippen MR) is 123 cm³/mol. The van der Waals surface area contributed by atoms with Gasteiger partial charge in [-0.1, -0.05) is 55.1 Å². The number of amides is 1. The number of H-pyrrole nitrogens is 1. The summed E-state index contributed by atoms with van der Waals surface area (Å²) < 4.78 is 31.7. The van der Waals surface area contributed by atoms with Gasteiger partial charge in [-0.05, 0) is 17.2 Å². The van der Waals surface area contributed by atoms with Crippen molar-refractivity contribution in [3.8, 4) is 0 Å². The Bertz CT molecular complexity index is 1160. The number of aromatic nitrogens is 1. The van der Waals surface area contributed by atoms with E-state index in [1.54, 1.807) is 0 Å². The molecule has 35 heavy (non-hydrogen) atoms. The number of halogens is 3. The van der Waals surface area contributed by atoms with E-state index in [0.29, 0.717) is 6.42 Å². The molecule has 1 heterocycles. The fourth-order valence-corrected chi connectivity index (χ4v) is 2.64. The molecule has 0 saturated carbocycles. The quantitative estimate of drug-likeness (QED) is 0.284. The number of nitrogens with two attached hydrogens (primary N) is 3. The lowest BCUT2D eigenvalue weighted by atomic mass is 10.0. The number of carboxylic acid groups (broad SMARTS) is 2. The number of carbonyl (C=O) groups excluding carboxylic acids is 1. The van der Waals surface area contributed by atoms with Crippen molar-refractivity contribution < 1.29 is 37.8 Å². The lowest BCUT2D eigenvalue weighted by molar-refractivity contribution is -0.192. The number of hydrogen-bond acceptors (Lipinski definition) is 5. The highest BCUT2D eigenvalue weighted by atomic mass is 19.4. The molecule has 2 atom stereocenters. The summed E-state index contributed by atoms with van der Waals surface area (Å²) >= 11 is 0. The van der Waals surface area contributed by atoms with Gasteiger partial charge in [0.25, 0.3) is 0 Å². The zero-order valence-corrected chi connectivity index (χ0v) is 18.3. The van der Waals surface area contributed by atoms with Crippen LogP contribution in [0.5, 0.6) is 0 Å². The summed E-state index contributed by atoms with van der Waals surface area (Å²) in [7, 11) is 0. The molecule has 0 aliphatic rings. The molecule has 9 N–H and O–H groups in total. The van der Waals surface area contributed by atoms with Gasteiger partial charge in [0.1, 0.15) is 6.04 Å². The van der Waals surface area contributed by atoms with Gasteiger partial charge in [-0.15, -0.1) is 0 Å². The predicted octanol–water partition coefficient (Wildman–Crippen LogP) is 2.48. The number of aromatic amines is 1. The van der Waals surface area contributed by atoms with Crippen LogP contribution in [0.3, 0.4) is 0 Å². The minimum atomic E-state index is -5.08. The van der Waals surface area contributed by atoms with E-state index in [0.717, 1.165) is 22.0 Å². The summed E-state index contributed by atoms with van der Waals surface area (Å²) in [5.74, 6) is -4.29. The molecule has 12 heteroatoms. The van der Waals surface area contributed by atoms with Crippen LogP contribution in [0.4, 0.5) is 13.2 Å². The van der Waals surface area contributed by atoms with Gasteiger partial charge in [0.05, 0.1) is 6.04 Å². The number of benzene rings is 2. The third-order valence-electron chi connectivity index (χ3n) is 4.53. The van der Waals surface area contributed by atoms with E-state index in [1.807, 2.05) is 60.8 Å². The molecule has 1 aromatic heterocycles. The summed E-state index contributed by atoms with van der Waals surface area (Å²) in [5.41, 5.74) is 19.3. The number of para-hydroxylation sites is 1. The van der Waals surface area contributed by atoms with Crippen molar-refractivity contribution in [3.63, 3.8) is 0 Å². The molecule has 0 aliphatic heterocycles. The number of aliphatic carboxylic acids is 2. The molecule has 0 saturated heterocycles. The molecule has 0 spiro atoms. The largest absolute Gasteiger partial charge is 0.490 e. The Morgan fingerprint density at radius 3 is 1.97 bits per heavy atom. The van der Waals surface area contributed by atoms with Crippen LogP contribution in [0.15, 0.2) is 72.9 Å². The average molecular weight is 494 g/mol. The van der Waals surface area contributed by atoms with E-state index in [2.05, 4.69) is 11.6 Å². The molecule has 2 aromatic carbocycles. The lowest BCUT2D eigenvalue weighted by Crippen LogP contribution is -2.32. The topological polar surface area (TPSA) is 186 Å². The molecule has 188 valence electrons. The molecule has 0 aliphatic carbocycles. The van der Waals surface area contributed by atoms with Crippen LogP contribution < -0.4 is 17.2 Å². The molecule has 1 amide bonds. The van der Waals surface area contributed by atoms with Crippen molar-refractivity contribution in [2.45, 2.75) is 24.7 Å². The SMILES string of the molecule is C=C(C(N)=O)C(N)c1ccccc1.NC(Cc1c[nH]c2ccccc12)C(=O)O.O=C(O)C(F)(F)F. The lowest BCUT2D eigenvalue weighted by Gasteiger charge is -2.11.